The van der Waals surface area contributed by atoms with Gasteiger partial charge >= 0.3 is 0 Å². The van der Waals surface area contributed by atoms with Gasteiger partial charge in [0.05, 0.1) is 12.1 Å². The van der Waals surface area contributed by atoms with E-state index >= 15 is 0 Å². The first-order chi connectivity index (χ1) is 10.6. The lowest BCUT2D eigenvalue weighted by Crippen LogP contribution is -2.27. The Morgan fingerprint density at radius 2 is 2.23 bits per heavy atom. The number of aryl methyl sites for hydroxylation is 2. The Hall–Kier alpha value is -1.88. The van der Waals surface area contributed by atoms with Crippen molar-refractivity contribution in [2.45, 2.75) is 45.8 Å². The summed E-state index contributed by atoms with van der Waals surface area (Å²) in [5, 5.41) is 5.81. The molecule has 0 aliphatic heterocycles. The Morgan fingerprint density at radius 3 is 3.00 bits per heavy atom. The van der Waals surface area contributed by atoms with Gasteiger partial charge in [0, 0.05) is 11.4 Å². The van der Waals surface area contributed by atoms with Gasteiger partial charge in [0.15, 0.2) is 0 Å². The van der Waals surface area contributed by atoms with Crippen molar-refractivity contribution in [3.63, 3.8) is 0 Å². The molecule has 3 rings (SSSR count). The van der Waals surface area contributed by atoms with Gasteiger partial charge in [0.2, 0.25) is 5.91 Å². The van der Waals surface area contributed by atoms with Gasteiger partial charge in [-0.05, 0) is 43.9 Å². The van der Waals surface area contributed by atoms with Crippen LogP contribution in [0.1, 0.15) is 34.7 Å². The molecule has 5 heteroatoms. The first kappa shape index (κ1) is 15.0. The minimum Gasteiger partial charge on any atom is -0.486 e. The highest BCUT2D eigenvalue weighted by atomic mass is 32.1. The predicted molar refractivity (Wildman–Crippen MR) is 87.2 cm³/mol. The van der Waals surface area contributed by atoms with E-state index in [0.717, 1.165) is 34.9 Å². The second kappa shape index (κ2) is 6.48. The molecule has 0 radical (unpaired) electrons. The number of amides is 1. The quantitative estimate of drug-likeness (QED) is 0.890. The third-order valence-corrected chi connectivity index (χ3v) is 4.45. The van der Waals surface area contributed by atoms with Crippen molar-refractivity contribution in [1.29, 1.82) is 0 Å². The fourth-order valence-electron chi connectivity index (χ4n) is 2.17. The summed E-state index contributed by atoms with van der Waals surface area (Å²) in [5.74, 6) is 0.957. The molecule has 1 aliphatic rings. The highest BCUT2D eigenvalue weighted by Crippen LogP contribution is 2.22. The lowest BCUT2D eigenvalue weighted by Gasteiger charge is -2.08. The molecule has 1 aromatic carbocycles. The van der Waals surface area contributed by atoms with Crippen molar-refractivity contribution in [2.24, 2.45) is 0 Å². The summed E-state index contributed by atoms with van der Waals surface area (Å²) in [7, 11) is 0. The van der Waals surface area contributed by atoms with E-state index < -0.39 is 0 Å². The minimum absolute atomic E-state index is 0.0646. The number of benzene rings is 1. The normalized spacial score (nSPS) is 13.9. The molecule has 1 N–H and O–H groups in total. The monoisotopic (exact) mass is 316 g/mol. The van der Waals surface area contributed by atoms with Crippen molar-refractivity contribution < 1.29 is 9.53 Å². The van der Waals surface area contributed by atoms with Gasteiger partial charge < -0.3 is 10.1 Å². The summed E-state index contributed by atoms with van der Waals surface area (Å²) < 4.78 is 5.84. The third-order valence-electron chi connectivity index (χ3n) is 3.58. The molecule has 0 saturated heterocycles. The van der Waals surface area contributed by atoms with Crippen LogP contribution in [0.25, 0.3) is 0 Å². The molecular formula is C17H20N2O2S. The number of hydrogen-bond acceptors (Lipinski definition) is 4. The fourth-order valence-corrected chi connectivity index (χ4v) is 2.87. The van der Waals surface area contributed by atoms with Gasteiger partial charge in [0.25, 0.3) is 0 Å². The maximum absolute atomic E-state index is 11.8. The molecule has 1 heterocycles. The molecule has 0 bridgehead atoms. The molecule has 22 heavy (non-hydrogen) atoms. The van der Waals surface area contributed by atoms with Gasteiger partial charge in [-0.25, -0.2) is 4.98 Å². The zero-order valence-corrected chi connectivity index (χ0v) is 13.7. The molecule has 4 nitrogen and oxygen atoms in total. The molecule has 1 amide bonds. The summed E-state index contributed by atoms with van der Waals surface area (Å²) in [6.45, 7) is 4.52. The minimum atomic E-state index is 0.0646. The van der Waals surface area contributed by atoms with Gasteiger partial charge in [-0.1, -0.05) is 12.1 Å². The van der Waals surface area contributed by atoms with E-state index in [1.807, 2.05) is 25.3 Å². The Morgan fingerprint density at radius 1 is 1.41 bits per heavy atom. The summed E-state index contributed by atoms with van der Waals surface area (Å²) in [5.41, 5.74) is 3.12. The van der Waals surface area contributed by atoms with E-state index in [0.29, 0.717) is 19.1 Å². The average molecular weight is 316 g/mol. The van der Waals surface area contributed by atoms with Crippen molar-refractivity contribution in [1.82, 2.24) is 10.3 Å². The Bertz CT molecular complexity index is 677. The maximum Gasteiger partial charge on any atom is 0.226 e. The molecule has 1 aliphatic carbocycles. The van der Waals surface area contributed by atoms with Crippen LogP contribution in [0.15, 0.2) is 23.6 Å². The van der Waals surface area contributed by atoms with Crippen molar-refractivity contribution in [3.8, 4) is 5.75 Å². The largest absolute Gasteiger partial charge is 0.486 e. The number of thiazole rings is 1. The van der Waals surface area contributed by atoms with E-state index in [2.05, 4.69) is 22.4 Å². The average Bonchev–Trinajstić information content (AvgIpc) is 3.17. The Kier molecular flexibility index (Phi) is 4.43. The van der Waals surface area contributed by atoms with E-state index in [9.17, 15) is 4.79 Å². The predicted octanol–water partition coefficient (Wildman–Crippen LogP) is 3.16. The van der Waals surface area contributed by atoms with Crippen LogP contribution in [-0.4, -0.2) is 16.9 Å². The third kappa shape index (κ3) is 4.07. The molecule has 0 spiro atoms. The van der Waals surface area contributed by atoms with Crippen molar-refractivity contribution >= 4 is 17.2 Å². The maximum atomic E-state index is 11.8. The zero-order chi connectivity index (χ0) is 15.5. The van der Waals surface area contributed by atoms with Gasteiger partial charge in [-0.3, -0.25) is 4.79 Å². The van der Waals surface area contributed by atoms with E-state index in [1.54, 1.807) is 0 Å². The van der Waals surface area contributed by atoms with Crippen molar-refractivity contribution in [3.05, 3.63) is 45.4 Å². The lowest BCUT2D eigenvalue weighted by atomic mass is 10.1. The number of hydrogen-bond donors (Lipinski definition) is 1. The molecule has 1 aromatic heterocycles. The molecular weight excluding hydrogens is 296 g/mol. The number of carbonyl (C=O) groups is 1. The zero-order valence-electron chi connectivity index (χ0n) is 12.9. The summed E-state index contributed by atoms with van der Waals surface area (Å²) in [6.07, 6.45) is 2.58. The number of aromatic nitrogens is 1. The molecule has 116 valence electrons. The first-order valence-corrected chi connectivity index (χ1v) is 8.41. The highest BCUT2D eigenvalue weighted by Gasteiger charge is 2.23. The van der Waals surface area contributed by atoms with E-state index in [1.165, 1.54) is 16.9 Å². The number of nitrogens with one attached hydrogen (secondary N) is 1. The smallest absolute Gasteiger partial charge is 0.226 e. The first-order valence-electron chi connectivity index (χ1n) is 7.53. The second-order valence-electron chi connectivity index (χ2n) is 5.81. The topological polar surface area (TPSA) is 51.2 Å². The van der Waals surface area contributed by atoms with Crippen LogP contribution in [0.4, 0.5) is 0 Å². The lowest BCUT2D eigenvalue weighted by molar-refractivity contribution is -0.120. The van der Waals surface area contributed by atoms with Gasteiger partial charge in [-0.15, -0.1) is 11.3 Å². The molecule has 1 saturated carbocycles. The van der Waals surface area contributed by atoms with Crippen LogP contribution in [0, 0.1) is 13.8 Å². The molecule has 2 aromatic rings. The summed E-state index contributed by atoms with van der Waals surface area (Å²) in [4.78, 5) is 16.2. The van der Waals surface area contributed by atoms with E-state index in [4.69, 9.17) is 4.74 Å². The SMILES string of the molecule is Cc1ccc(C)c(OCc2nc(CC(=O)NC3CC3)cs2)c1. The van der Waals surface area contributed by atoms with Gasteiger partial charge in [0.1, 0.15) is 17.4 Å². The van der Waals surface area contributed by atoms with Gasteiger partial charge in [-0.2, -0.15) is 0 Å². The van der Waals surface area contributed by atoms with Crippen LogP contribution in [0.3, 0.4) is 0 Å². The highest BCUT2D eigenvalue weighted by molar-refractivity contribution is 7.09. The number of rotatable bonds is 6. The van der Waals surface area contributed by atoms with Crippen LogP contribution in [0.5, 0.6) is 5.75 Å². The summed E-state index contributed by atoms with van der Waals surface area (Å²) in [6, 6.07) is 6.56. The van der Waals surface area contributed by atoms with Crippen LogP contribution < -0.4 is 10.1 Å². The fraction of sp³-hybridized carbons (Fsp3) is 0.412. The van der Waals surface area contributed by atoms with E-state index in [-0.39, 0.29) is 5.91 Å². The standard InChI is InChI=1S/C17H20N2O2S/c1-11-3-4-12(2)15(7-11)21-9-17-19-14(10-22-17)8-16(20)18-13-5-6-13/h3-4,7,10,13H,5-6,8-9H2,1-2H3,(H,18,20). The Labute approximate surface area is 134 Å². The number of nitrogens with zero attached hydrogens (tertiary/aromatic N) is 1. The van der Waals surface area contributed by atoms with Crippen LogP contribution in [0.2, 0.25) is 0 Å². The molecule has 0 unspecified atom stereocenters. The molecule has 1 fully saturated rings. The summed E-state index contributed by atoms with van der Waals surface area (Å²) >= 11 is 1.54. The van der Waals surface area contributed by atoms with Crippen molar-refractivity contribution in [2.75, 3.05) is 0 Å². The molecule has 0 atom stereocenters. The van der Waals surface area contributed by atoms with Crippen LogP contribution in [-0.2, 0) is 17.8 Å². The number of ether oxygens (including phenoxy) is 1. The number of carbonyl (C=O) groups excluding carboxylic acids is 1. The second-order valence-corrected chi connectivity index (χ2v) is 6.75. The Balaban J connectivity index is 1.54. The van der Waals surface area contributed by atoms with Crippen LogP contribution >= 0.6 is 11.3 Å².